The summed E-state index contributed by atoms with van der Waals surface area (Å²) < 4.78 is 5.61. The topological polar surface area (TPSA) is 46.5 Å². The van der Waals surface area contributed by atoms with Crippen LogP contribution < -0.4 is 4.74 Å². The van der Waals surface area contributed by atoms with Gasteiger partial charge < -0.3 is 9.84 Å². The number of carbonyl (C=O) groups excluding carboxylic acids is 1. The summed E-state index contributed by atoms with van der Waals surface area (Å²) in [6.07, 6.45) is 6.25. The molecule has 0 bridgehead atoms. The van der Waals surface area contributed by atoms with Crippen LogP contribution in [0.5, 0.6) is 5.75 Å². The highest BCUT2D eigenvalue weighted by atomic mass is 16.5. The molecule has 2 rings (SSSR count). The Labute approximate surface area is 139 Å². The van der Waals surface area contributed by atoms with Crippen LogP contribution >= 0.6 is 0 Å². The van der Waals surface area contributed by atoms with Gasteiger partial charge in [0.15, 0.2) is 0 Å². The lowest BCUT2D eigenvalue weighted by atomic mass is 9.79. The third-order valence-electron chi connectivity index (χ3n) is 4.71. The van der Waals surface area contributed by atoms with Gasteiger partial charge in [0.1, 0.15) is 5.75 Å². The lowest BCUT2D eigenvalue weighted by Crippen LogP contribution is -2.15. The molecule has 0 spiro atoms. The van der Waals surface area contributed by atoms with Crippen LogP contribution in [0.25, 0.3) is 0 Å². The average Bonchev–Trinajstić information content (AvgIpc) is 2.54. The summed E-state index contributed by atoms with van der Waals surface area (Å²) in [7, 11) is 0. The molecule has 1 aliphatic carbocycles. The maximum Gasteiger partial charge on any atom is 0.338 e. The Bertz CT molecular complexity index is 554. The summed E-state index contributed by atoms with van der Waals surface area (Å²) in [5.41, 5.74) is 2.64. The predicted octanol–water partition coefficient (Wildman–Crippen LogP) is 4.39. The Morgan fingerprint density at radius 2 is 2.00 bits per heavy atom. The Morgan fingerprint density at radius 1 is 1.30 bits per heavy atom. The molecule has 0 unspecified atom stereocenters. The van der Waals surface area contributed by atoms with Crippen molar-refractivity contribution in [1.29, 1.82) is 0 Å². The molecule has 126 valence electrons. The maximum absolute atomic E-state index is 12.0. The van der Waals surface area contributed by atoms with Crippen LogP contribution in [0.4, 0.5) is 0 Å². The van der Waals surface area contributed by atoms with Gasteiger partial charge >= 0.3 is 5.97 Å². The van der Waals surface area contributed by atoms with E-state index < -0.39 is 0 Å². The van der Waals surface area contributed by atoms with Crippen molar-refractivity contribution >= 4 is 5.97 Å². The van der Waals surface area contributed by atoms with Crippen LogP contribution in [0.1, 0.15) is 63.0 Å². The first-order valence-corrected chi connectivity index (χ1v) is 8.62. The molecule has 3 heteroatoms. The van der Waals surface area contributed by atoms with E-state index in [1.54, 1.807) is 6.92 Å². The third kappa shape index (κ3) is 4.93. The quantitative estimate of drug-likeness (QED) is 0.481. The van der Waals surface area contributed by atoms with Crippen molar-refractivity contribution < 1.29 is 14.6 Å². The molecule has 1 aromatic carbocycles. The van der Waals surface area contributed by atoms with Crippen LogP contribution in [0.15, 0.2) is 30.4 Å². The smallest absolute Gasteiger partial charge is 0.338 e. The van der Waals surface area contributed by atoms with Gasteiger partial charge in [0.05, 0.1) is 0 Å². The Kier molecular flexibility index (Phi) is 6.40. The molecule has 0 amide bonds. The zero-order valence-electron chi connectivity index (χ0n) is 14.3. The molecule has 1 fully saturated rings. The molecule has 0 radical (unpaired) electrons. The van der Waals surface area contributed by atoms with Gasteiger partial charge in [0.2, 0.25) is 0 Å². The van der Waals surface area contributed by atoms with E-state index in [0.29, 0.717) is 23.7 Å². The molecule has 1 saturated carbocycles. The van der Waals surface area contributed by atoms with Crippen molar-refractivity contribution in [2.75, 3.05) is 6.61 Å². The van der Waals surface area contributed by atoms with Gasteiger partial charge in [-0.3, -0.25) is 0 Å². The number of carbonyl (C=O) groups is 1. The second-order valence-electron chi connectivity index (χ2n) is 6.83. The molecule has 1 aromatic rings. The zero-order valence-corrected chi connectivity index (χ0v) is 14.3. The van der Waals surface area contributed by atoms with Crippen molar-refractivity contribution in [1.82, 2.24) is 0 Å². The Hall–Kier alpha value is -1.61. The molecule has 23 heavy (non-hydrogen) atoms. The minimum absolute atomic E-state index is 0.170. The molecular weight excluding hydrogens is 288 g/mol. The van der Waals surface area contributed by atoms with Gasteiger partial charge in [-0.2, -0.15) is 0 Å². The molecule has 1 aliphatic rings. The highest BCUT2D eigenvalue weighted by Gasteiger charge is 2.23. The second kappa shape index (κ2) is 8.30. The van der Waals surface area contributed by atoms with Crippen LogP contribution in [-0.4, -0.2) is 17.7 Å². The zero-order chi connectivity index (χ0) is 16.8. The van der Waals surface area contributed by atoms with Gasteiger partial charge in [-0.1, -0.05) is 38.5 Å². The van der Waals surface area contributed by atoms with E-state index in [1.165, 1.54) is 12.8 Å². The SMILES string of the molecule is C=C(C)C(=O)Oc1cc(CCCO)ccc1C1CCC(C)CC1. The first kappa shape index (κ1) is 17.7. The fourth-order valence-corrected chi connectivity index (χ4v) is 3.20. The minimum atomic E-state index is -0.366. The second-order valence-corrected chi connectivity index (χ2v) is 6.83. The summed E-state index contributed by atoms with van der Waals surface area (Å²) in [6, 6.07) is 6.17. The van der Waals surface area contributed by atoms with E-state index >= 15 is 0 Å². The van der Waals surface area contributed by atoms with Gasteiger partial charge in [0.25, 0.3) is 0 Å². The van der Waals surface area contributed by atoms with Crippen molar-refractivity contribution in [2.24, 2.45) is 5.92 Å². The number of ether oxygens (including phenoxy) is 1. The Morgan fingerprint density at radius 3 is 2.61 bits per heavy atom. The molecule has 0 atom stereocenters. The summed E-state index contributed by atoms with van der Waals surface area (Å²) in [6.45, 7) is 7.81. The number of benzene rings is 1. The molecule has 1 N–H and O–H groups in total. The van der Waals surface area contributed by atoms with Crippen molar-refractivity contribution in [3.8, 4) is 5.75 Å². The first-order chi connectivity index (χ1) is 11.0. The Balaban J connectivity index is 2.24. The number of aliphatic hydroxyl groups excluding tert-OH is 1. The largest absolute Gasteiger partial charge is 0.423 e. The predicted molar refractivity (Wildman–Crippen MR) is 92.7 cm³/mol. The lowest BCUT2D eigenvalue weighted by Gasteiger charge is -2.28. The number of aryl methyl sites for hydroxylation is 1. The van der Waals surface area contributed by atoms with E-state index in [4.69, 9.17) is 9.84 Å². The van der Waals surface area contributed by atoms with Crippen molar-refractivity contribution in [3.05, 3.63) is 41.5 Å². The number of hydrogen-bond acceptors (Lipinski definition) is 3. The van der Waals surface area contributed by atoms with Gasteiger partial charge in [-0.15, -0.1) is 0 Å². The average molecular weight is 316 g/mol. The molecule has 0 heterocycles. The molecule has 3 nitrogen and oxygen atoms in total. The van der Waals surface area contributed by atoms with E-state index in [-0.39, 0.29) is 12.6 Å². The van der Waals surface area contributed by atoms with Crippen LogP contribution in [0.3, 0.4) is 0 Å². The number of hydrogen-bond donors (Lipinski definition) is 1. The van der Waals surface area contributed by atoms with E-state index in [1.807, 2.05) is 6.07 Å². The van der Waals surface area contributed by atoms with Crippen LogP contribution in [0, 0.1) is 5.92 Å². The minimum Gasteiger partial charge on any atom is -0.423 e. The summed E-state index contributed by atoms with van der Waals surface area (Å²) in [5.74, 6) is 1.56. The standard InChI is InChI=1S/C20H28O3/c1-14(2)20(22)23-19-13-16(5-4-12-21)8-11-18(19)17-9-6-15(3)7-10-17/h8,11,13,15,17,21H,1,4-7,9-10,12H2,2-3H3. The number of aliphatic hydroxyl groups is 1. The summed E-state index contributed by atoms with van der Waals surface area (Å²) in [5, 5.41) is 9.00. The molecular formula is C20H28O3. The normalized spacial score (nSPS) is 21.0. The van der Waals surface area contributed by atoms with Gasteiger partial charge in [0, 0.05) is 12.2 Å². The number of esters is 1. The van der Waals surface area contributed by atoms with Crippen molar-refractivity contribution in [2.45, 2.75) is 58.3 Å². The van der Waals surface area contributed by atoms with E-state index in [0.717, 1.165) is 36.3 Å². The first-order valence-electron chi connectivity index (χ1n) is 8.62. The monoisotopic (exact) mass is 316 g/mol. The molecule has 0 aliphatic heterocycles. The fourth-order valence-electron chi connectivity index (χ4n) is 3.20. The van der Waals surface area contributed by atoms with Crippen molar-refractivity contribution in [3.63, 3.8) is 0 Å². The lowest BCUT2D eigenvalue weighted by molar-refractivity contribution is -0.130. The summed E-state index contributed by atoms with van der Waals surface area (Å²) in [4.78, 5) is 12.0. The van der Waals surface area contributed by atoms with Gasteiger partial charge in [-0.05, 0) is 61.6 Å². The van der Waals surface area contributed by atoms with E-state index in [2.05, 4.69) is 25.6 Å². The highest BCUT2D eigenvalue weighted by Crippen LogP contribution is 2.40. The fraction of sp³-hybridized carbons (Fsp3) is 0.550. The third-order valence-corrected chi connectivity index (χ3v) is 4.71. The van der Waals surface area contributed by atoms with Crippen LogP contribution in [-0.2, 0) is 11.2 Å². The highest BCUT2D eigenvalue weighted by molar-refractivity contribution is 5.89. The number of rotatable bonds is 6. The van der Waals surface area contributed by atoms with E-state index in [9.17, 15) is 4.79 Å². The van der Waals surface area contributed by atoms with Crippen LogP contribution in [0.2, 0.25) is 0 Å². The van der Waals surface area contributed by atoms with Gasteiger partial charge in [-0.25, -0.2) is 4.79 Å². The maximum atomic E-state index is 12.0. The molecule has 0 saturated heterocycles. The molecule has 0 aromatic heterocycles. The summed E-state index contributed by atoms with van der Waals surface area (Å²) >= 11 is 0.